The number of carbonyl (C=O) groups excluding carboxylic acids is 1. The van der Waals surface area contributed by atoms with Gasteiger partial charge in [0.2, 0.25) is 0 Å². The van der Waals surface area contributed by atoms with Crippen molar-refractivity contribution < 1.29 is 4.79 Å². The minimum Gasteiger partial charge on any atom is -0.369 e. The zero-order valence-electron chi connectivity index (χ0n) is 10.4. The van der Waals surface area contributed by atoms with Crippen molar-refractivity contribution in [2.24, 2.45) is 5.73 Å². The van der Waals surface area contributed by atoms with Gasteiger partial charge < -0.3 is 16.0 Å². The van der Waals surface area contributed by atoms with E-state index >= 15 is 0 Å². The number of hydrogen-bond donors (Lipinski definition) is 2. The van der Waals surface area contributed by atoms with Crippen molar-refractivity contribution in [2.45, 2.75) is 19.3 Å². The molecule has 18 heavy (non-hydrogen) atoms. The highest BCUT2D eigenvalue weighted by molar-refractivity contribution is 5.90. The molecule has 2 rings (SSSR count). The smallest absolute Gasteiger partial charge is 0.269 e. The lowest BCUT2D eigenvalue weighted by Crippen LogP contribution is -2.22. The predicted molar refractivity (Wildman–Crippen MR) is 69.3 cm³/mol. The summed E-state index contributed by atoms with van der Waals surface area (Å²) in [6, 6.07) is 3.31. The minimum atomic E-state index is -0.553. The fourth-order valence-electron chi connectivity index (χ4n) is 2.08. The number of anilines is 1. The normalized spacial score (nSPS) is 15.8. The van der Waals surface area contributed by atoms with E-state index in [2.05, 4.69) is 20.4 Å². The SMILES string of the molecule is NC(=O)c1ccc(NCCCN2CCCC2)nn1. The van der Waals surface area contributed by atoms with Crippen LogP contribution in [0.5, 0.6) is 0 Å². The summed E-state index contributed by atoms with van der Waals surface area (Å²) >= 11 is 0. The second kappa shape index (κ2) is 6.30. The molecule has 1 aromatic rings. The van der Waals surface area contributed by atoms with Crippen LogP contribution in [0.3, 0.4) is 0 Å². The molecule has 0 bridgehead atoms. The molecule has 0 radical (unpaired) electrons. The first kappa shape index (κ1) is 12.8. The zero-order valence-corrected chi connectivity index (χ0v) is 10.4. The van der Waals surface area contributed by atoms with E-state index in [4.69, 9.17) is 5.73 Å². The first-order chi connectivity index (χ1) is 8.75. The van der Waals surface area contributed by atoms with Crippen molar-refractivity contribution in [1.29, 1.82) is 0 Å². The van der Waals surface area contributed by atoms with Crippen molar-refractivity contribution in [1.82, 2.24) is 15.1 Å². The van der Waals surface area contributed by atoms with E-state index in [1.807, 2.05) is 0 Å². The molecule has 98 valence electrons. The average molecular weight is 249 g/mol. The molecule has 1 amide bonds. The van der Waals surface area contributed by atoms with E-state index in [1.165, 1.54) is 25.9 Å². The second-order valence-electron chi connectivity index (χ2n) is 4.50. The van der Waals surface area contributed by atoms with Crippen LogP contribution in [-0.2, 0) is 0 Å². The topological polar surface area (TPSA) is 84.1 Å². The standard InChI is InChI=1S/C12H19N5O/c13-12(18)10-4-5-11(16-15-10)14-6-3-9-17-7-1-2-8-17/h4-5H,1-3,6-9H2,(H2,13,18)(H,14,16). The molecule has 1 aliphatic rings. The molecule has 2 heterocycles. The van der Waals surface area contributed by atoms with Crippen LogP contribution >= 0.6 is 0 Å². The maximum absolute atomic E-state index is 10.8. The van der Waals surface area contributed by atoms with Crippen molar-refractivity contribution in [3.05, 3.63) is 17.8 Å². The van der Waals surface area contributed by atoms with Gasteiger partial charge in [-0.2, -0.15) is 0 Å². The van der Waals surface area contributed by atoms with Crippen molar-refractivity contribution >= 4 is 11.7 Å². The van der Waals surface area contributed by atoms with Gasteiger partial charge in [-0.3, -0.25) is 4.79 Å². The summed E-state index contributed by atoms with van der Waals surface area (Å²) in [6.45, 7) is 4.45. The number of hydrogen-bond acceptors (Lipinski definition) is 5. The summed E-state index contributed by atoms with van der Waals surface area (Å²) in [7, 11) is 0. The molecular formula is C12H19N5O. The molecule has 1 aromatic heterocycles. The van der Waals surface area contributed by atoms with Gasteiger partial charge in [-0.1, -0.05) is 0 Å². The Kier molecular flexibility index (Phi) is 4.46. The monoisotopic (exact) mass is 249 g/mol. The van der Waals surface area contributed by atoms with Gasteiger partial charge in [-0.05, 0) is 51.0 Å². The molecule has 6 heteroatoms. The van der Waals surface area contributed by atoms with Crippen LogP contribution in [0.2, 0.25) is 0 Å². The Morgan fingerprint density at radius 1 is 1.33 bits per heavy atom. The van der Waals surface area contributed by atoms with E-state index in [-0.39, 0.29) is 5.69 Å². The zero-order chi connectivity index (χ0) is 12.8. The number of rotatable bonds is 6. The maximum Gasteiger partial charge on any atom is 0.269 e. The van der Waals surface area contributed by atoms with E-state index in [9.17, 15) is 4.79 Å². The lowest BCUT2D eigenvalue weighted by Gasteiger charge is -2.14. The molecule has 1 fully saturated rings. The quantitative estimate of drug-likeness (QED) is 0.716. The molecule has 6 nitrogen and oxygen atoms in total. The molecule has 0 atom stereocenters. The van der Waals surface area contributed by atoms with E-state index in [1.54, 1.807) is 12.1 Å². The third-order valence-corrected chi connectivity index (χ3v) is 3.07. The number of primary amides is 1. The number of amides is 1. The lowest BCUT2D eigenvalue weighted by atomic mass is 10.3. The van der Waals surface area contributed by atoms with Crippen molar-refractivity contribution in [3.8, 4) is 0 Å². The predicted octanol–water partition coefficient (Wildman–Crippen LogP) is 0.473. The summed E-state index contributed by atoms with van der Waals surface area (Å²) in [6.07, 6.45) is 3.74. The molecule has 0 aliphatic carbocycles. The van der Waals surface area contributed by atoms with E-state index in [0.717, 1.165) is 19.5 Å². The lowest BCUT2D eigenvalue weighted by molar-refractivity contribution is 0.0994. The summed E-state index contributed by atoms with van der Waals surface area (Å²) in [4.78, 5) is 13.3. The van der Waals surface area contributed by atoms with Gasteiger partial charge in [0.15, 0.2) is 5.69 Å². The highest BCUT2D eigenvalue weighted by atomic mass is 16.1. The van der Waals surface area contributed by atoms with Crippen molar-refractivity contribution in [2.75, 3.05) is 31.5 Å². The van der Waals surface area contributed by atoms with Gasteiger partial charge in [-0.25, -0.2) is 0 Å². The van der Waals surface area contributed by atoms with Crippen molar-refractivity contribution in [3.63, 3.8) is 0 Å². The number of likely N-dealkylation sites (tertiary alicyclic amines) is 1. The first-order valence-corrected chi connectivity index (χ1v) is 6.35. The Bertz CT molecular complexity index is 386. The average Bonchev–Trinajstić information content (AvgIpc) is 2.88. The number of nitrogens with one attached hydrogen (secondary N) is 1. The number of aromatic nitrogens is 2. The Morgan fingerprint density at radius 2 is 2.11 bits per heavy atom. The number of nitrogens with zero attached hydrogens (tertiary/aromatic N) is 3. The van der Waals surface area contributed by atoms with Gasteiger partial charge in [0.1, 0.15) is 5.82 Å². The summed E-state index contributed by atoms with van der Waals surface area (Å²) in [5, 5.41) is 10.8. The first-order valence-electron chi connectivity index (χ1n) is 6.35. The molecule has 0 unspecified atom stereocenters. The van der Waals surface area contributed by atoms with Gasteiger partial charge in [0, 0.05) is 6.54 Å². The largest absolute Gasteiger partial charge is 0.369 e. The van der Waals surface area contributed by atoms with Crippen LogP contribution in [0, 0.1) is 0 Å². The van der Waals surface area contributed by atoms with Crippen LogP contribution in [-0.4, -0.2) is 47.2 Å². The molecule has 3 N–H and O–H groups in total. The molecule has 1 saturated heterocycles. The van der Waals surface area contributed by atoms with Gasteiger partial charge in [0.25, 0.3) is 5.91 Å². The Hall–Kier alpha value is -1.69. The fourth-order valence-corrected chi connectivity index (χ4v) is 2.08. The molecule has 1 aliphatic heterocycles. The van der Waals surface area contributed by atoms with E-state index in [0.29, 0.717) is 5.82 Å². The fraction of sp³-hybridized carbons (Fsp3) is 0.583. The third-order valence-electron chi connectivity index (χ3n) is 3.07. The number of carbonyl (C=O) groups is 1. The minimum absolute atomic E-state index is 0.192. The summed E-state index contributed by atoms with van der Waals surface area (Å²) in [5.74, 6) is 0.129. The van der Waals surface area contributed by atoms with Gasteiger partial charge >= 0.3 is 0 Å². The maximum atomic E-state index is 10.8. The Labute approximate surface area is 107 Å². The van der Waals surface area contributed by atoms with Crippen LogP contribution in [0.15, 0.2) is 12.1 Å². The molecule has 0 saturated carbocycles. The third kappa shape index (κ3) is 3.66. The highest BCUT2D eigenvalue weighted by Crippen LogP contribution is 2.07. The van der Waals surface area contributed by atoms with Crippen LogP contribution < -0.4 is 11.1 Å². The van der Waals surface area contributed by atoms with Gasteiger partial charge in [0.05, 0.1) is 0 Å². The van der Waals surface area contributed by atoms with Crippen LogP contribution in [0.4, 0.5) is 5.82 Å². The Balaban J connectivity index is 1.68. The summed E-state index contributed by atoms with van der Waals surface area (Å²) in [5.41, 5.74) is 5.28. The highest BCUT2D eigenvalue weighted by Gasteiger charge is 2.10. The second-order valence-corrected chi connectivity index (χ2v) is 4.50. The molecule has 0 spiro atoms. The molecule has 0 aromatic carbocycles. The van der Waals surface area contributed by atoms with Crippen LogP contribution in [0.25, 0.3) is 0 Å². The van der Waals surface area contributed by atoms with Gasteiger partial charge in [-0.15, -0.1) is 10.2 Å². The summed E-state index contributed by atoms with van der Waals surface area (Å²) < 4.78 is 0. The number of nitrogens with two attached hydrogens (primary N) is 1. The van der Waals surface area contributed by atoms with E-state index < -0.39 is 5.91 Å². The molecular weight excluding hydrogens is 230 g/mol. The Morgan fingerprint density at radius 3 is 2.72 bits per heavy atom. The van der Waals surface area contributed by atoms with Crippen LogP contribution in [0.1, 0.15) is 29.8 Å².